The van der Waals surface area contributed by atoms with Crippen molar-refractivity contribution in [2.24, 2.45) is 7.05 Å². The molecule has 0 spiro atoms. The topological polar surface area (TPSA) is 43.0 Å². The first-order valence-corrected chi connectivity index (χ1v) is 7.29. The van der Waals surface area contributed by atoms with E-state index in [1.165, 1.54) is 11.3 Å². The van der Waals surface area contributed by atoms with Gasteiger partial charge in [-0.1, -0.05) is 6.92 Å². The molecule has 0 saturated heterocycles. The van der Waals surface area contributed by atoms with Gasteiger partial charge in [-0.3, -0.25) is 4.68 Å². The molecule has 0 aromatic carbocycles. The average molecular weight is 326 g/mol. The third-order valence-electron chi connectivity index (χ3n) is 3.47. The summed E-state index contributed by atoms with van der Waals surface area (Å²) in [7, 11) is 3.94. The number of hydrogen-bond acceptors (Lipinski definition) is 3. The quantitative estimate of drug-likeness (QED) is 0.918. The van der Waals surface area contributed by atoms with Crippen LogP contribution in [0.1, 0.15) is 35.7 Å². The highest BCUT2D eigenvalue weighted by molar-refractivity contribution is 9.10. The summed E-state index contributed by atoms with van der Waals surface area (Å²) in [4.78, 5) is 0. The maximum absolute atomic E-state index is 5.59. The summed E-state index contributed by atoms with van der Waals surface area (Å²) < 4.78 is 8.66. The fraction of sp³-hybridized carbons (Fsp3) is 0.500. The fourth-order valence-electron chi connectivity index (χ4n) is 2.30. The lowest BCUT2D eigenvalue weighted by atomic mass is 10.1. The first kappa shape index (κ1) is 14.3. The van der Waals surface area contributed by atoms with Crippen molar-refractivity contribution in [3.05, 3.63) is 39.5 Å². The molecule has 0 fully saturated rings. The number of aromatic nitrogens is 2. The molecule has 0 aliphatic carbocycles. The second kappa shape index (κ2) is 5.92. The van der Waals surface area contributed by atoms with E-state index in [0.29, 0.717) is 0 Å². The molecule has 2 heterocycles. The predicted molar refractivity (Wildman–Crippen MR) is 79.2 cm³/mol. The Morgan fingerprint density at radius 3 is 2.74 bits per heavy atom. The molecular weight excluding hydrogens is 306 g/mol. The Kier molecular flexibility index (Phi) is 4.47. The van der Waals surface area contributed by atoms with Gasteiger partial charge in [0.15, 0.2) is 0 Å². The summed E-state index contributed by atoms with van der Waals surface area (Å²) in [5.41, 5.74) is 3.46. The van der Waals surface area contributed by atoms with Gasteiger partial charge in [0.1, 0.15) is 5.76 Å². The lowest BCUT2D eigenvalue weighted by Crippen LogP contribution is -2.20. The van der Waals surface area contributed by atoms with Crippen LogP contribution in [0.4, 0.5) is 0 Å². The molecule has 2 aromatic rings. The smallest absolute Gasteiger partial charge is 0.123 e. The standard InChI is InChI=1S/C14H20BrN3O/c1-5-10-13(15)12(18(4)17-10)8-11(16-3)14-9(2)6-7-19-14/h6-7,11,16H,5,8H2,1-4H3. The highest BCUT2D eigenvalue weighted by Crippen LogP contribution is 2.28. The van der Waals surface area contributed by atoms with Crippen LogP contribution in [0, 0.1) is 6.92 Å². The number of likely N-dealkylation sites (N-methyl/N-ethyl adjacent to an activating group) is 1. The van der Waals surface area contributed by atoms with E-state index in [0.717, 1.165) is 28.8 Å². The van der Waals surface area contributed by atoms with Gasteiger partial charge >= 0.3 is 0 Å². The molecule has 0 aliphatic heterocycles. The van der Waals surface area contributed by atoms with Crippen LogP contribution < -0.4 is 5.32 Å². The molecule has 4 nitrogen and oxygen atoms in total. The van der Waals surface area contributed by atoms with Crippen LogP contribution >= 0.6 is 15.9 Å². The average Bonchev–Trinajstić information content (AvgIpc) is 2.93. The zero-order valence-corrected chi connectivity index (χ0v) is 13.4. The Bertz CT molecular complexity index is 559. The molecule has 0 bridgehead atoms. The molecule has 2 aromatic heterocycles. The van der Waals surface area contributed by atoms with Gasteiger partial charge in [-0.25, -0.2) is 0 Å². The van der Waals surface area contributed by atoms with Crippen LogP contribution in [-0.2, 0) is 19.9 Å². The molecule has 0 aliphatic rings. The number of nitrogens with one attached hydrogen (secondary N) is 1. The molecular formula is C14H20BrN3O. The SMILES string of the molecule is CCc1nn(C)c(CC(NC)c2occc2C)c1Br. The monoisotopic (exact) mass is 325 g/mol. The van der Waals surface area contributed by atoms with E-state index in [1.807, 2.05) is 24.8 Å². The van der Waals surface area contributed by atoms with E-state index in [4.69, 9.17) is 4.42 Å². The van der Waals surface area contributed by atoms with Crippen molar-refractivity contribution in [2.45, 2.75) is 32.7 Å². The third kappa shape index (κ3) is 2.77. The maximum atomic E-state index is 5.59. The van der Waals surface area contributed by atoms with Crippen molar-refractivity contribution in [2.75, 3.05) is 7.05 Å². The molecule has 5 heteroatoms. The Hall–Kier alpha value is -1.07. The largest absolute Gasteiger partial charge is 0.467 e. The zero-order chi connectivity index (χ0) is 14.0. The van der Waals surface area contributed by atoms with Gasteiger partial charge in [-0.2, -0.15) is 5.10 Å². The van der Waals surface area contributed by atoms with Crippen LogP contribution in [0.3, 0.4) is 0 Å². The van der Waals surface area contributed by atoms with Crippen LogP contribution in [0.25, 0.3) is 0 Å². The normalized spacial score (nSPS) is 12.9. The van der Waals surface area contributed by atoms with Gasteiger partial charge < -0.3 is 9.73 Å². The summed E-state index contributed by atoms with van der Waals surface area (Å²) >= 11 is 3.66. The lowest BCUT2D eigenvalue weighted by Gasteiger charge is -2.15. The van der Waals surface area contributed by atoms with Crippen molar-refractivity contribution >= 4 is 15.9 Å². The summed E-state index contributed by atoms with van der Waals surface area (Å²) in [6, 6.07) is 2.15. The molecule has 0 saturated carbocycles. The van der Waals surface area contributed by atoms with Gasteiger partial charge in [-0.05, 0) is 48.0 Å². The number of rotatable bonds is 5. The number of furan rings is 1. The van der Waals surface area contributed by atoms with Gasteiger partial charge in [0.2, 0.25) is 0 Å². The van der Waals surface area contributed by atoms with Crippen LogP contribution in [0.15, 0.2) is 21.2 Å². The number of aryl methyl sites for hydroxylation is 3. The second-order valence-corrected chi connectivity index (χ2v) is 5.49. The Labute approximate surface area is 122 Å². The summed E-state index contributed by atoms with van der Waals surface area (Å²) in [6.45, 7) is 4.18. The minimum atomic E-state index is 0.159. The second-order valence-electron chi connectivity index (χ2n) is 4.70. The molecule has 1 atom stereocenters. The van der Waals surface area contributed by atoms with E-state index >= 15 is 0 Å². The van der Waals surface area contributed by atoms with Crippen molar-refractivity contribution in [3.8, 4) is 0 Å². The number of hydrogen-bond donors (Lipinski definition) is 1. The minimum absolute atomic E-state index is 0.159. The van der Waals surface area contributed by atoms with Gasteiger partial charge in [0.25, 0.3) is 0 Å². The maximum Gasteiger partial charge on any atom is 0.123 e. The predicted octanol–water partition coefficient (Wildman–Crippen LogP) is 3.15. The number of halogens is 1. The van der Waals surface area contributed by atoms with Crippen LogP contribution in [-0.4, -0.2) is 16.8 Å². The summed E-state index contributed by atoms with van der Waals surface area (Å²) in [5, 5.41) is 7.85. The van der Waals surface area contributed by atoms with Gasteiger partial charge in [0.05, 0.1) is 28.2 Å². The molecule has 19 heavy (non-hydrogen) atoms. The van der Waals surface area contributed by atoms with E-state index in [9.17, 15) is 0 Å². The van der Waals surface area contributed by atoms with E-state index in [2.05, 4.69) is 40.2 Å². The van der Waals surface area contributed by atoms with Crippen molar-refractivity contribution in [1.82, 2.24) is 15.1 Å². The molecule has 1 unspecified atom stereocenters. The van der Waals surface area contributed by atoms with E-state index in [-0.39, 0.29) is 6.04 Å². The van der Waals surface area contributed by atoms with Gasteiger partial charge in [0, 0.05) is 13.5 Å². The molecule has 0 radical (unpaired) electrons. The molecule has 104 valence electrons. The Balaban J connectivity index is 2.29. The Morgan fingerprint density at radius 1 is 1.53 bits per heavy atom. The number of nitrogens with zero attached hydrogens (tertiary/aromatic N) is 2. The van der Waals surface area contributed by atoms with Crippen LogP contribution in [0.2, 0.25) is 0 Å². The van der Waals surface area contributed by atoms with Crippen molar-refractivity contribution in [1.29, 1.82) is 0 Å². The highest BCUT2D eigenvalue weighted by Gasteiger charge is 2.21. The highest BCUT2D eigenvalue weighted by atomic mass is 79.9. The Morgan fingerprint density at radius 2 is 2.26 bits per heavy atom. The fourth-order valence-corrected chi connectivity index (χ4v) is 3.08. The summed E-state index contributed by atoms with van der Waals surface area (Å²) in [5.74, 6) is 0.994. The van der Waals surface area contributed by atoms with Crippen LogP contribution in [0.5, 0.6) is 0 Å². The van der Waals surface area contributed by atoms with E-state index < -0.39 is 0 Å². The first-order valence-electron chi connectivity index (χ1n) is 6.50. The first-order chi connectivity index (χ1) is 9.08. The third-order valence-corrected chi connectivity index (χ3v) is 4.38. The zero-order valence-electron chi connectivity index (χ0n) is 11.8. The lowest BCUT2D eigenvalue weighted by molar-refractivity contribution is 0.420. The molecule has 1 N–H and O–H groups in total. The minimum Gasteiger partial charge on any atom is -0.467 e. The summed E-state index contributed by atoms with van der Waals surface area (Å²) in [6.07, 6.45) is 3.51. The van der Waals surface area contributed by atoms with Crippen molar-refractivity contribution in [3.63, 3.8) is 0 Å². The van der Waals surface area contributed by atoms with E-state index in [1.54, 1.807) is 6.26 Å². The molecule has 0 amide bonds. The van der Waals surface area contributed by atoms with Gasteiger partial charge in [-0.15, -0.1) is 0 Å². The molecule has 2 rings (SSSR count). The van der Waals surface area contributed by atoms with Crippen molar-refractivity contribution < 1.29 is 4.42 Å².